The minimum atomic E-state index is -0.350. The van der Waals surface area contributed by atoms with Gasteiger partial charge in [-0.05, 0) is 6.92 Å². The lowest BCUT2D eigenvalue weighted by molar-refractivity contribution is -0.126. The molecule has 90 valence electrons. The molecule has 1 N–H and O–H groups in total. The fourth-order valence-corrected chi connectivity index (χ4v) is 3.02. The molecule has 0 radical (unpaired) electrons. The minimum Gasteiger partial charge on any atom is -0.396 e. The van der Waals surface area contributed by atoms with Crippen LogP contribution in [-0.2, 0) is 9.59 Å². The number of thioether (sulfide) groups is 1. The van der Waals surface area contributed by atoms with Gasteiger partial charge in [-0.1, -0.05) is 24.3 Å². The lowest BCUT2D eigenvalue weighted by Gasteiger charge is -2.28. The summed E-state index contributed by atoms with van der Waals surface area (Å²) in [5.74, 6) is -0.201. The standard InChI is InChI=1S/C13H14O3S/c1-8-11(15)9-4-2-3-5-10(9)12(16)13(8)17-7-6-14/h2-5,9-10,14H,6-7H2,1H3. The summed E-state index contributed by atoms with van der Waals surface area (Å²) in [6.07, 6.45) is 7.20. The summed E-state index contributed by atoms with van der Waals surface area (Å²) in [5, 5.41) is 8.80. The molecule has 2 atom stereocenters. The van der Waals surface area contributed by atoms with Crippen molar-refractivity contribution in [3.8, 4) is 0 Å². The van der Waals surface area contributed by atoms with Crippen molar-refractivity contribution in [3.63, 3.8) is 0 Å². The van der Waals surface area contributed by atoms with Gasteiger partial charge in [-0.3, -0.25) is 9.59 Å². The van der Waals surface area contributed by atoms with Gasteiger partial charge < -0.3 is 5.11 Å². The smallest absolute Gasteiger partial charge is 0.177 e. The average molecular weight is 250 g/mol. The fraction of sp³-hybridized carbons (Fsp3) is 0.385. The molecule has 0 amide bonds. The van der Waals surface area contributed by atoms with Crippen LogP contribution in [0.3, 0.4) is 0 Å². The Hall–Kier alpha value is -1.13. The van der Waals surface area contributed by atoms with Crippen LogP contribution in [0.2, 0.25) is 0 Å². The van der Waals surface area contributed by atoms with E-state index in [9.17, 15) is 9.59 Å². The second-order valence-electron chi connectivity index (χ2n) is 4.08. The third-order valence-electron chi connectivity index (χ3n) is 3.01. The predicted octanol–water partition coefficient (Wildman–Crippen LogP) is 1.50. The number of aliphatic hydroxyl groups excluding tert-OH is 1. The van der Waals surface area contributed by atoms with Gasteiger partial charge in [-0.15, -0.1) is 11.8 Å². The number of allylic oxidation sites excluding steroid dienone is 6. The van der Waals surface area contributed by atoms with Crippen LogP contribution in [0, 0.1) is 11.8 Å². The van der Waals surface area contributed by atoms with Gasteiger partial charge in [0.1, 0.15) is 0 Å². The van der Waals surface area contributed by atoms with Gasteiger partial charge in [0.25, 0.3) is 0 Å². The number of carbonyl (C=O) groups excluding carboxylic acids is 2. The minimum absolute atomic E-state index is 0.00569. The summed E-state index contributed by atoms with van der Waals surface area (Å²) in [5.41, 5.74) is 0.537. The number of Topliss-reactive ketones (excluding diaryl/α,β-unsaturated/α-hetero) is 2. The van der Waals surface area contributed by atoms with E-state index >= 15 is 0 Å². The van der Waals surface area contributed by atoms with Crippen LogP contribution >= 0.6 is 11.8 Å². The van der Waals surface area contributed by atoms with E-state index in [-0.39, 0.29) is 30.0 Å². The van der Waals surface area contributed by atoms with Gasteiger partial charge in [-0.2, -0.15) is 0 Å². The van der Waals surface area contributed by atoms with E-state index in [1.54, 1.807) is 25.2 Å². The third kappa shape index (κ3) is 2.15. The largest absolute Gasteiger partial charge is 0.396 e. The molecule has 2 aliphatic rings. The van der Waals surface area contributed by atoms with Crippen LogP contribution in [0.4, 0.5) is 0 Å². The first-order chi connectivity index (χ1) is 8.16. The zero-order valence-electron chi connectivity index (χ0n) is 9.55. The van der Waals surface area contributed by atoms with Crippen LogP contribution in [0.15, 0.2) is 34.8 Å². The Morgan fingerprint density at radius 3 is 2.35 bits per heavy atom. The van der Waals surface area contributed by atoms with Crippen molar-refractivity contribution in [2.75, 3.05) is 12.4 Å². The van der Waals surface area contributed by atoms with Crippen LogP contribution in [0.1, 0.15) is 6.92 Å². The molecule has 0 aliphatic heterocycles. The van der Waals surface area contributed by atoms with E-state index in [4.69, 9.17) is 5.11 Å². The van der Waals surface area contributed by atoms with E-state index < -0.39 is 0 Å². The maximum atomic E-state index is 12.2. The summed E-state index contributed by atoms with van der Waals surface area (Å²) >= 11 is 1.27. The summed E-state index contributed by atoms with van der Waals surface area (Å²) in [6.45, 7) is 1.70. The number of ketones is 2. The molecule has 0 aromatic heterocycles. The molecule has 0 spiro atoms. The molecule has 0 aromatic rings. The van der Waals surface area contributed by atoms with Crippen molar-refractivity contribution >= 4 is 23.3 Å². The van der Waals surface area contributed by atoms with E-state index in [2.05, 4.69) is 0 Å². The van der Waals surface area contributed by atoms with Gasteiger partial charge in [0.2, 0.25) is 0 Å². The first-order valence-electron chi connectivity index (χ1n) is 5.54. The van der Waals surface area contributed by atoms with Crippen LogP contribution in [0.5, 0.6) is 0 Å². The summed E-state index contributed by atoms with van der Waals surface area (Å²) in [4.78, 5) is 24.9. The van der Waals surface area contributed by atoms with E-state index in [1.807, 2.05) is 6.08 Å². The topological polar surface area (TPSA) is 54.4 Å². The van der Waals surface area contributed by atoms with Crippen molar-refractivity contribution in [1.82, 2.24) is 0 Å². The maximum absolute atomic E-state index is 12.2. The first-order valence-corrected chi connectivity index (χ1v) is 6.53. The lowest BCUT2D eigenvalue weighted by atomic mass is 9.76. The van der Waals surface area contributed by atoms with Crippen molar-refractivity contribution in [3.05, 3.63) is 34.8 Å². The highest BCUT2D eigenvalue weighted by Gasteiger charge is 2.39. The Morgan fingerprint density at radius 1 is 1.18 bits per heavy atom. The molecule has 4 heteroatoms. The molecule has 0 aromatic carbocycles. The normalized spacial score (nSPS) is 27.6. The predicted molar refractivity (Wildman–Crippen MR) is 67.5 cm³/mol. The highest BCUT2D eigenvalue weighted by molar-refractivity contribution is 8.04. The van der Waals surface area contributed by atoms with Gasteiger partial charge in [-0.25, -0.2) is 0 Å². The van der Waals surface area contributed by atoms with Crippen molar-refractivity contribution in [1.29, 1.82) is 0 Å². The second kappa shape index (κ2) is 5.02. The monoisotopic (exact) mass is 250 g/mol. The molecule has 0 bridgehead atoms. The molecular weight excluding hydrogens is 236 g/mol. The summed E-state index contributed by atoms with van der Waals surface area (Å²) < 4.78 is 0. The van der Waals surface area contributed by atoms with E-state index in [0.717, 1.165) is 0 Å². The molecule has 0 saturated heterocycles. The number of carbonyl (C=O) groups is 2. The van der Waals surface area contributed by atoms with Crippen LogP contribution in [0.25, 0.3) is 0 Å². The number of fused-ring (bicyclic) bond motifs is 1. The Balaban J connectivity index is 2.35. The van der Waals surface area contributed by atoms with Crippen molar-refractivity contribution in [2.24, 2.45) is 11.8 Å². The number of hydrogen-bond acceptors (Lipinski definition) is 4. The zero-order valence-corrected chi connectivity index (χ0v) is 10.4. The average Bonchev–Trinajstić information content (AvgIpc) is 2.36. The first kappa shape index (κ1) is 12.3. The SMILES string of the molecule is CC1=C(SCCO)C(=O)C2C=CC=CC2C1=O. The maximum Gasteiger partial charge on any atom is 0.177 e. The second-order valence-corrected chi connectivity index (χ2v) is 5.18. The molecule has 0 heterocycles. The molecule has 0 saturated carbocycles. The third-order valence-corrected chi connectivity index (χ3v) is 4.19. The van der Waals surface area contributed by atoms with E-state index in [1.165, 1.54) is 11.8 Å². The number of hydrogen-bond donors (Lipinski definition) is 1. The lowest BCUT2D eigenvalue weighted by Crippen LogP contribution is -2.35. The quantitative estimate of drug-likeness (QED) is 0.824. The molecule has 3 nitrogen and oxygen atoms in total. The van der Waals surface area contributed by atoms with Crippen molar-refractivity contribution in [2.45, 2.75) is 6.92 Å². The van der Waals surface area contributed by atoms with Crippen LogP contribution < -0.4 is 0 Å². The highest BCUT2D eigenvalue weighted by atomic mass is 32.2. The van der Waals surface area contributed by atoms with Crippen LogP contribution in [-0.4, -0.2) is 29.0 Å². The highest BCUT2D eigenvalue weighted by Crippen LogP contribution is 2.37. The van der Waals surface area contributed by atoms with Gasteiger partial charge >= 0.3 is 0 Å². The molecular formula is C13H14O3S. The van der Waals surface area contributed by atoms with E-state index in [0.29, 0.717) is 16.2 Å². The summed E-state index contributed by atoms with van der Waals surface area (Å²) in [7, 11) is 0. The molecule has 2 unspecified atom stereocenters. The van der Waals surface area contributed by atoms with Gasteiger partial charge in [0, 0.05) is 11.3 Å². The van der Waals surface area contributed by atoms with Gasteiger partial charge in [0.05, 0.1) is 23.3 Å². The van der Waals surface area contributed by atoms with Gasteiger partial charge in [0.15, 0.2) is 11.6 Å². The number of aliphatic hydroxyl groups is 1. The Morgan fingerprint density at radius 2 is 1.76 bits per heavy atom. The Labute approximate surface area is 104 Å². The molecule has 2 aliphatic carbocycles. The fourth-order valence-electron chi connectivity index (χ4n) is 2.13. The Kier molecular flexibility index (Phi) is 3.64. The summed E-state index contributed by atoms with van der Waals surface area (Å²) in [6, 6.07) is 0. The molecule has 17 heavy (non-hydrogen) atoms. The molecule has 0 fully saturated rings. The Bertz CT molecular complexity index is 446. The molecule has 2 rings (SSSR count). The van der Waals surface area contributed by atoms with Crippen molar-refractivity contribution < 1.29 is 14.7 Å². The number of rotatable bonds is 3. The zero-order chi connectivity index (χ0) is 12.4.